The van der Waals surface area contributed by atoms with Crippen molar-refractivity contribution in [2.24, 2.45) is 0 Å². The number of carbonyl (C=O) groups excluding carboxylic acids is 2. The Labute approximate surface area is 164 Å². The molecule has 0 spiro atoms. The second-order valence-electron chi connectivity index (χ2n) is 6.64. The second kappa shape index (κ2) is 9.04. The molecule has 2 amide bonds. The Hall–Kier alpha value is -3.34. The van der Waals surface area contributed by atoms with Crippen LogP contribution in [0.4, 0.5) is 5.69 Å². The van der Waals surface area contributed by atoms with Crippen LogP contribution in [0.3, 0.4) is 0 Å². The summed E-state index contributed by atoms with van der Waals surface area (Å²) < 4.78 is 5.72. The molecule has 0 aromatic heterocycles. The summed E-state index contributed by atoms with van der Waals surface area (Å²) in [5, 5.41) is 7.69. The Morgan fingerprint density at radius 2 is 1.68 bits per heavy atom. The lowest BCUT2D eigenvalue weighted by Gasteiger charge is -2.15. The molecule has 2 N–H and O–H groups in total. The zero-order chi connectivity index (χ0) is 19.9. The summed E-state index contributed by atoms with van der Waals surface area (Å²) in [7, 11) is 0. The van der Waals surface area contributed by atoms with Gasteiger partial charge in [0.15, 0.2) is 6.61 Å². The van der Waals surface area contributed by atoms with E-state index in [1.165, 1.54) is 0 Å². The SMILES string of the molecule is CCC(C)NC(=O)c1ccccc1NC(=O)COc1cccc2ccccc12. The number of rotatable bonds is 7. The van der Waals surface area contributed by atoms with Gasteiger partial charge in [-0.25, -0.2) is 0 Å². The number of fused-ring (bicyclic) bond motifs is 1. The molecule has 3 aromatic carbocycles. The van der Waals surface area contributed by atoms with Gasteiger partial charge in [-0.05, 0) is 36.9 Å². The number of amides is 2. The van der Waals surface area contributed by atoms with E-state index in [0.29, 0.717) is 17.0 Å². The Balaban J connectivity index is 1.68. The minimum atomic E-state index is -0.322. The van der Waals surface area contributed by atoms with Gasteiger partial charge in [-0.15, -0.1) is 0 Å². The first kappa shape index (κ1) is 19.4. The van der Waals surface area contributed by atoms with Gasteiger partial charge in [0.05, 0.1) is 11.3 Å². The Kier molecular flexibility index (Phi) is 6.27. The van der Waals surface area contributed by atoms with Crippen LogP contribution in [0, 0.1) is 0 Å². The van der Waals surface area contributed by atoms with E-state index in [-0.39, 0.29) is 24.5 Å². The highest BCUT2D eigenvalue weighted by molar-refractivity contribution is 6.04. The monoisotopic (exact) mass is 376 g/mol. The molecule has 0 heterocycles. The molecular formula is C23H24N2O3. The number of hydrogen-bond donors (Lipinski definition) is 2. The smallest absolute Gasteiger partial charge is 0.262 e. The van der Waals surface area contributed by atoms with Crippen LogP contribution in [0.25, 0.3) is 10.8 Å². The van der Waals surface area contributed by atoms with E-state index in [1.807, 2.05) is 56.3 Å². The van der Waals surface area contributed by atoms with E-state index in [9.17, 15) is 9.59 Å². The standard InChI is InChI=1S/C23H24N2O3/c1-3-16(2)24-23(27)19-12-6-7-13-20(19)25-22(26)15-28-21-14-8-10-17-9-4-5-11-18(17)21/h4-14,16H,3,15H2,1-2H3,(H,24,27)(H,25,26). The normalized spacial score (nSPS) is 11.6. The van der Waals surface area contributed by atoms with Crippen molar-refractivity contribution in [1.82, 2.24) is 5.32 Å². The first-order valence-corrected chi connectivity index (χ1v) is 9.38. The molecule has 3 rings (SSSR count). The van der Waals surface area contributed by atoms with E-state index in [1.54, 1.807) is 24.3 Å². The molecule has 1 unspecified atom stereocenters. The number of nitrogens with one attached hydrogen (secondary N) is 2. The molecular weight excluding hydrogens is 352 g/mol. The Bertz CT molecular complexity index is 979. The van der Waals surface area contributed by atoms with Crippen molar-refractivity contribution in [3.8, 4) is 5.75 Å². The van der Waals surface area contributed by atoms with Gasteiger partial charge in [-0.1, -0.05) is 55.5 Å². The highest BCUT2D eigenvalue weighted by Gasteiger charge is 2.15. The van der Waals surface area contributed by atoms with Gasteiger partial charge in [-0.3, -0.25) is 9.59 Å². The summed E-state index contributed by atoms with van der Waals surface area (Å²) >= 11 is 0. The molecule has 5 heteroatoms. The van der Waals surface area contributed by atoms with Gasteiger partial charge in [0.25, 0.3) is 11.8 Å². The maximum Gasteiger partial charge on any atom is 0.262 e. The lowest BCUT2D eigenvalue weighted by Crippen LogP contribution is -2.33. The summed E-state index contributed by atoms with van der Waals surface area (Å²) in [4.78, 5) is 24.9. The summed E-state index contributed by atoms with van der Waals surface area (Å²) in [5.41, 5.74) is 0.899. The topological polar surface area (TPSA) is 67.4 Å². The Morgan fingerprint density at radius 3 is 2.50 bits per heavy atom. The van der Waals surface area contributed by atoms with Crippen molar-refractivity contribution < 1.29 is 14.3 Å². The van der Waals surface area contributed by atoms with E-state index in [0.717, 1.165) is 17.2 Å². The molecule has 0 fully saturated rings. The van der Waals surface area contributed by atoms with E-state index < -0.39 is 0 Å². The number of anilines is 1. The van der Waals surface area contributed by atoms with Gasteiger partial charge < -0.3 is 15.4 Å². The van der Waals surface area contributed by atoms with E-state index >= 15 is 0 Å². The van der Waals surface area contributed by atoms with Crippen molar-refractivity contribution in [1.29, 1.82) is 0 Å². The number of hydrogen-bond acceptors (Lipinski definition) is 3. The zero-order valence-electron chi connectivity index (χ0n) is 16.1. The molecule has 144 valence electrons. The molecule has 0 bridgehead atoms. The number of carbonyl (C=O) groups is 2. The van der Waals surface area contributed by atoms with Gasteiger partial charge in [0, 0.05) is 11.4 Å². The third kappa shape index (κ3) is 4.68. The maximum atomic E-state index is 12.4. The first-order valence-electron chi connectivity index (χ1n) is 9.38. The Morgan fingerprint density at radius 1 is 0.964 bits per heavy atom. The van der Waals surface area contributed by atoms with Crippen LogP contribution in [0.5, 0.6) is 5.75 Å². The van der Waals surface area contributed by atoms with Gasteiger partial charge in [-0.2, -0.15) is 0 Å². The van der Waals surface area contributed by atoms with Crippen LogP contribution in [0.2, 0.25) is 0 Å². The van der Waals surface area contributed by atoms with Crippen LogP contribution in [-0.2, 0) is 4.79 Å². The van der Waals surface area contributed by atoms with Crippen LogP contribution in [0.15, 0.2) is 66.7 Å². The van der Waals surface area contributed by atoms with Crippen LogP contribution < -0.4 is 15.4 Å². The predicted octanol–water partition coefficient (Wildman–Crippen LogP) is 4.39. The quantitative estimate of drug-likeness (QED) is 0.643. The summed E-state index contributed by atoms with van der Waals surface area (Å²) in [6.07, 6.45) is 0.832. The van der Waals surface area contributed by atoms with Crippen molar-refractivity contribution in [2.75, 3.05) is 11.9 Å². The lowest BCUT2D eigenvalue weighted by atomic mass is 10.1. The number of ether oxygens (including phenoxy) is 1. The maximum absolute atomic E-state index is 12.4. The summed E-state index contributed by atoms with van der Waals surface area (Å²) in [6.45, 7) is 3.80. The fourth-order valence-corrected chi connectivity index (χ4v) is 2.84. The number of benzene rings is 3. The minimum absolute atomic E-state index is 0.0611. The van der Waals surface area contributed by atoms with Crippen LogP contribution in [-0.4, -0.2) is 24.5 Å². The predicted molar refractivity (Wildman–Crippen MR) is 112 cm³/mol. The molecule has 0 aliphatic heterocycles. The highest BCUT2D eigenvalue weighted by Crippen LogP contribution is 2.25. The fourth-order valence-electron chi connectivity index (χ4n) is 2.84. The summed E-state index contributed by atoms with van der Waals surface area (Å²) in [5.74, 6) is 0.119. The van der Waals surface area contributed by atoms with Crippen molar-refractivity contribution in [3.63, 3.8) is 0 Å². The average molecular weight is 376 g/mol. The second-order valence-corrected chi connectivity index (χ2v) is 6.64. The number of para-hydroxylation sites is 1. The molecule has 5 nitrogen and oxygen atoms in total. The lowest BCUT2D eigenvalue weighted by molar-refractivity contribution is -0.118. The average Bonchev–Trinajstić information content (AvgIpc) is 2.72. The third-order valence-corrected chi connectivity index (χ3v) is 4.54. The van der Waals surface area contributed by atoms with E-state index in [2.05, 4.69) is 10.6 Å². The van der Waals surface area contributed by atoms with E-state index in [4.69, 9.17) is 4.74 Å². The molecule has 0 radical (unpaired) electrons. The molecule has 0 saturated carbocycles. The minimum Gasteiger partial charge on any atom is -0.483 e. The van der Waals surface area contributed by atoms with Crippen molar-refractivity contribution in [3.05, 3.63) is 72.3 Å². The van der Waals surface area contributed by atoms with Crippen molar-refractivity contribution >= 4 is 28.3 Å². The molecule has 0 aliphatic carbocycles. The fraction of sp³-hybridized carbons (Fsp3) is 0.217. The molecule has 1 atom stereocenters. The highest BCUT2D eigenvalue weighted by atomic mass is 16.5. The largest absolute Gasteiger partial charge is 0.483 e. The molecule has 0 aliphatic rings. The van der Waals surface area contributed by atoms with Crippen molar-refractivity contribution in [2.45, 2.75) is 26.3 Å². The van der Waals surface area contributed by atoms with Gasteiger partial charge in [0.2, 0.25) is 0 Å². The van der Waals surface area contributed by atoms with Crippen LogP contribution in [0.1, 0.15) is 30.6 Å². The molecule has 0 saturated heterocycles. The van der Waals surface area contributed by atoms with Crippen LogP contribution >= 0.6 is 0 Å². The first-order chi connectivity index (χ1) is 13.6. The van der Waals surface area contributed by atoms with Gasteiger partial charge >= 0.3 is 0 Å². The molecule has 28 heavy (non-hydrogen) atoms. The summed E-state index contributed by atoms with van der Waals surface area (Å²) in [6, 6.07) is 20.6. The molecule has 3 aromatic rings. The third-order valence-electron chi connectivity index (χ3n) is 4.54. The zero-order valence-corrected chi connectivity index (χ0v) is 16.1. The van der Waals surface area contributed by atoms with Gasteiger partial charge in [0.1, 0.15) is 5.75 Å².